The summed E-state index contributed by atoms with van der Waals surface area (Å²) in [4.78, 5) is 8.12. The predicted molar refractivity (Wildman–Crippen MR) is 91.8 cm³/mol. The van der Waals surface area contributed by atoms with Gasteiger partial charge in [0.15, 0.2) is 5.58 Å². The molecule has 0 atom stereocenters. The van der Waals surface area contributed by atoms with Gasteiger partial charge in [0.2, 0.25) is 5.89 Å². The molecule has 126 valence electrons. The Morgan fingerprint density at radius 1 is 1.12 bits per heavy atom. The van der Waals surface area contributed by atoms with Gasteiger partial charge in [-0.2, -0.15) is 4.98 Å². The van der Waals surface area contributed by atoms with Gasteiger partial charge in [-0.3, -0.25) is 0 Å². The highest BCUT2D eigenvalue weighted by Gasteiger charge is 2.19. The first-order valence-corrected chi connectivity index (χ1v) is 8.96. The average Bonchev–Trinajstić information content (AvgIpc) is 3.23. The van der Waals surface area contributed by atoms with Gasteiger partial charge in [0.05, 0.1) is 11.1 Å². The number of fused-ring (bicyclic) bond motifs is 1. The summed E-state index contributed by atoms with van der Waals surface area (Å²) in [5, 5.41) is 0.480. The van der Waals surface area contributed by atoms with Crippen molar-refractivity contribution in [1.82, 2.24) is 9.97 Å². The van der Waals surface area contributed by atoms with E-state index in [1.54, 1.807) is 30.3 Å². The topological polar surface area (TPSA) is 98.2 Å². The average molecular weight is 376 g/mol. The molecular formula is C16H10ClN3O4S. The van der Waals surface area contributed by atoms with Crippen molar-refractivity contribution in [1.29, 1.82) is 0 Å². The molecule has 0 aliphatic carbocycles. The Balaban J connectivity index is 1.68. The lowest BCUT2D eigenvalue weighted by atomic mass is 10.2. The molecule has 25 heavy (non-hydrogen) atoms. The van der Waals surface area contributed by atoms with Crippen LogP contribution in [0.3, 0.4) is 0 Å². The molecule has 0 aliphatic rings. The van der Waals surface area contributed by atoms with Crippen LogP contribution in [0.25, 0.3) is 22.6 Å². The maximum Gasteiger partial charge on any atom is 0.309 e. The first kappa shape index (κ1) is 15.7. The molecular weight excluding hydrogens is 366 g/mol. The van der Waals surface area contributed by atoms with Crippen molar-refractivity contribution in [3.8, 4) is 11.5 Å². The number of benzene rings is 2. The van der Waals surface area contributed by atoms with E-state index in [9.17, 15) is 8.42 Å². The minimum Gasteiger partial charge on any atom is -0.445 e. The molecule has 0 bridgehead atoms. The molecule has 0 aliphatic heterocycles. The Labute approximate surface area is 147 Å². The number of nitrogens with zero attached hydrogens (tertiary/aromatic N) is 2. The highest BCUT2D eigenvalue weighted by Crippen LogP contribution is 2.25. The summed E-state index contributed by atoms with van der Waals surface area (Å²) < 4.78 is 38.1. The fourth-order valence-electron chi connectivity index (χ4n) is 2.28. The van der Waals surface area contributed by atoms with Gasteiger partial charge in [-0.15, -0.1) is 0 Å². The molecule has 4 aromatic rings. The summed E-state index contributed by atoms with van der Waals surface area (Å²) >= 11 is 5.89. The van der Waals surface area contributed by atoms with Gasteiger partial charge in [0.1, 0.15) is 11.8 Å². The van der Waals surface area contributed by atoms with E-state index in [-0.39, 0.29) is 10.9 Å². The van der Waals surface area contributed by atoms with E-state index in [4.69, 9.17) is 20.4 Å². The number of hydrogen-bond acceptors (Lipinski definition) is 6. The highest BCUT2D eigenvalue weighted by atomic mass is 35.5. The number of anilines is 1. The van der Waals surface area contributed by atoms with E-state index in [1.807, 2.05) is 0 Å². The lowest BCUT2D eigenvalue weighted by Gasteiger charge is -2.05. The molecule has 0 fully saturated rings. The molecule has 0 saturated carbocycles. The first-order valence-electron chi connectivity index (χ1n) is 7.10. The summed E-state index contributed by atoms with van der Waals surface area (Å²) in [5.41, 5.74) is 1.42. The van der Waals surface area contributed by atoms with E-state index in [2.05, 4.69) is 14.7 Å². The van der Waals surface area contributed by atoms with Crippen LogP contribution in [0.5, 0.6) is 0 Å². The quantitative estimate of drug-likeness (QED) is 0.580. The zero-order valence-corrected chi connectivity index (χ0v) is 14.1. The van der Waals surface area contributed by atoms with Crippen molar-refractivity contribution < 1.29 is 17.3 Å². The Morgan fingerprint density at radius 3 is 2.80 bits per heavy atom. The van der Waals surface area contributed by atoms with Gasteiger partial charge in [0.25, 0.3) is 10.0 Å². The largest absolute Gasteiger partial charge is 0.445 e. The van der Waals surface area contributed by atoms with Crippen molar-refractivity contribution in [2.45, 2.75) is 4.90 Å². The number of sulfonamides is 1. The monoisotopic (exact) mass is 375 g/mol. The van der Waals surface area contributed by atoms with Crippen molar-refractivity contribution >= 4 is 38.7 Å². The molecule has 0 radical (unpaired) electrons. The second kappa shape index (κ2) is 5.91. The van der Waals surface area contributed by atoms with Gasteiger partial charge in [-0.1, -0.05) is 17.7 Å². The third-order valence-corrected chi connectivity index (χ3v) is 4.95. The van der Waals surface area contributed by atoms with Crippen LogP contribution in [-0.2, 0) is 10.0 Å². The number of nitrogens with one attached hydrogen (secondary N) is 1. The van der Waals surface area contributed by atoms with Crippen LogP contribution in [-0.4, -0.2) is 18.4 Å². The molecule has 9 heteroatoms. The molecule has 2 heterocycles. The van der Waals surface area contributed by atoms with Gasteiger partial charge in [-0.05, 0) is 36.4 Å². The van der Waals surface area contributed by atoms with E-state index in [1.165, 1.54) is 24.6 Å². The summed E-state index contributed by atoms with van der Waals surface area (Å²) in [6, 6.07) is 10.9. The smallest absolute Gasteiger partial charge is 0.309 e. The van der Waals surface area contributed by atoms with Crippen LogP contribution in [0.1, 0.15) is 0 Å². The molecule has 2 aromatic carbocycles. The molecule has 0 spiro atoms. The standard InChI is InChI=1S/C16H10ClN3O4S/c17-11-4-5-14-13(9-11)19-16(24-14)20-25(21,22)12-3-1-2-10(8-12)15-18-6-7-23-15/h1-9H,(H,19,20). The number of oxazole rings is 2. The Hall–Kier alpha value is -2.84. The lowest BCUT2D eigenvalue weighted by molar-refractivity contribution is 0.574. The molecule has 4 rings (SSSR count). The molecule has 0 unspecified atom stereocenters. The van der Waals surface area contributed by atoms with Crippen LogP contribution >= 0.6 is 11.6 Å². The number of halogens is 1. The fraction of sp³-hybridized carbons (Fsp3) is 0. The second-order valence-electron chi connectivity index (χ2n) is 5.10. The minimum atomic E-state index is -3.89. The molecule has 0 amide bonds. The molecule has 0 saturated heterocycles. The SMILES string of the molecule is O=S(=O)(Nc1nc2cc(Cl)ccc2o1)c1cccc(-c2ncco2)c1. The first-order chi connectivity index (χ1) is 12.0. The molecule has 1 N–H and O–H groups in total. The van der Waals surface area contributed by atoms with Crippen molar-refractivity contribution in [2.75, 3.05) is 4.72 Å². The molecule has 7 nitrogen and oxygen atoms in total. The minimum absolute atomic E-state index is 0.0310. The van der Waals surface area contributed by atoms with Gasteiger partial charge >= 0.3 is 6.01 Å². The van der Waals surface area contributed by atoms with E-state index in [0.29, 0.717) is 27.6 Å². The molecule has 2 aromatic heterocycles. The Bertz CT molecular complexity index is 1150. The zero-order valence-electron chi connectivity index (χ0n) is 12.5. The maximum atomic E-state index is 12.6. The van der Waals surface area contributed by atoms with Crippen LogP contribution < -0.4 is 4.72 Å². The van der Waals surface area contributed by atoms with Crippen LogP contribution in [0.15, 0.2) is 68.7 Å². The normalized spacial score (nSPS) is 11.7. The summed E-state index contributed by atoms with van der Waals surface area (Å²) in [7, 11) is -3.89. The summed E-state index contributed by atoms with van der Waals surface area (Å²) in [6.07, 6.45) is 2.90. The van der Waals surface area contributed by atoms with Crippen LogP contribution in [0.4, 0.5) is 6.01 Å². The van der Waals surface area contributed by atoms with Gasteiger partial charge < -0.3 is 8.83 Å². The Kier molecular flexibility index (Phi) is 3.70. The van der Waals surface area contributed by atoms with Crippen LogP contribution in [0, 0.1) is 0 Å². The highest BCUT2D eigenvalue weighted by molar-refractivity contribution is 7.92. The summed E-state index contributed by atoms with van der Waals surface area (Å²) in [5.74, 6) is 0.327. The number of rotatable bonds is 4. The van der Waals surface area contributed by atoms with E-state index in [0.717, 1.165) is 0 Å². The summed E-state index contributed by atoms with van der Waals surface area (Å²) in [6.45, 7) is 0. The van der Waals surface area contributed by atoms with Gasteiger partial charge in [-0.25, -0.2) is 18.1 Å². The van der Waals surface area contributed by atoms with Crippen molar-refractivity contribution in [3.05, 3.63) is 59.9 Å². The van der Waals surface area contributed by atoms with Crippen molar-refractivity contribution in [3.63, 3.8) is 0 Å². The second-order valence-corrected chi connectivity index (χ2v) is 7.22. The predicted octanol–water partition coefficient (Wildman–Crippen LogP) is 3.94. The van der Waals surface area contributed by atoms with Crippen molar-refractivity contribution in [2.24, 2.45) is 0 Å². The van der Waals surface area contributed by atoms with Gasteiger partial charge in [0, 0.05) is 10.6 Å². The Morgan fingerprint density at radius 2 is 2.00 bits per heavy atom. The maximum absolute atomic E-state index is 12.6. The zero-order chi connectivity index (χ0) is 17.4. The lowest BCUT2D eigenvalue weighted by Crippen LogP contribution is -2.13. The fourth-order valence-corrected chi connectivity index (χ4v) is 3.42. The third-order valence-electron chi connectivity index (χ3n) is 3.39. The number of aromatic nitrogens is 2. The number of hydrogen-bond donors (Lipinski definition) is 1. The van der Waals surface area contributed by atoms with Crippen LogP contribution in [0.2, 0.25) is 5.02 Å². The third kappa shape index (κ3) is 3.09. The van der Waals surface area contributed by atoms with E-state index < -0.39 is 10.0 Å². The van der Waals surface area contributed by atoms with E-state index >= 15 is 0 Å².